The van der Waals surface area contributed by atoms with E-state index in [1.807, 2.05) is 0 Å². The Hall–Kier alpha value is -0.730. The number of hydrogen-bond donors (Lipinski definition) is 0. The first-order chi connectivity index (χ1) is 6.84. The van der Waals surface area contributed by atoms with Crippen molar-refractivity contribution in [2.45, 2.75) is 31.4 Å². The van der Waals surface area contributed by atoms with Gasteiger partial charge in [0.1, 0.15) is 0 Å². The van der Waals surface area contributed by atoms with Gasteiger partial charge in [-0.2, -0.15) is 30.7 Å². The molecule has 1 nitrogen and oxygen atoms in total. The van der Waals surface area contributed by atoms with Crippen molar-refractivity contribution in [1.29, 1.82) is 0 Å². The fourth-order valence-corrected chi connectivity index (χ4v) is 0.821. The molecule has 0 fully saturated rings. The van der Waals surface area contributed by atoms with Crippen LogP contribution in [0.1, 0.15) is 13.3 Å². The molecule has 0 aromatic carbocycles. The number of hydrogen-bond acceptors (Lipinski definition) is 2. The smallest absolute Gasteiger partial charge is 0.292 e. The van der Waals surface area contributed by atoms with Gasteiger partial charge in [0.15, 0.2) is 0 Å². The van der Waals surface area contributed by atoms with Crippen molar-refractivity contribution in [1.82, 2.24) is 0 Å². The van der Waals surface area contributed by atoms with E-state index in [9.17, 15) is 35.5 Å². The Kier molecular flexibility index (Phi) is 4.07. The second-order valence-electron chi connectivity index (χ2n) is 2.95. The standard InChI is InChI=1S/C7H5F7OS/c1-3(16)2-4(15)5(8,9)6(10,11)7(12,13)14/h2H2,1H3. The molecule has 0 amide bonds. The van der Waals surface area contributed by atoms with Gasteiger partial charge < -0.3 is 0 Å². The summed E-state index contributed by atoms with van der Waals surface area (Å²) in [6.45, 7) is 0.981. The number of alkyl halides is 7. The van der Waals surface area contributed by atoms with Crippen molar-refractivity contribution in [2.75, 3.05) is 0 Å². The molecule has 0 saturated carbocycles. The third-order valence-electron chi connectivity index (χ3n) is 1.51. The van der Waals surface area contributed by atoms with E-state index in [1.54, 1.807) is 0 Å². The van der Waals surface area contributed by atoms with Gasteiger partial charge in [0, 0.05) is 6.42 Å². The van der Waals surface area contributed by atoms with Crippen LogP contribution in [0.3, 0.4) is 0 Å². The molecule has 0 spiro atoms. The Morgan fingerprint density at radius 1 is 1.06 bits per heavy atom. The lowest BCUT2D eigenvalue weighted by atomic mass is 10.0. The summed E-state index contributed by atoms with van der Waals surface area (Å²) >= 11 is 4.18. The summed E-state index contributed by atoms with van der Waals surface area (Å²) in [5.74, 6) is -14.8. The first-order valence-electron chi connectivity index (χ1n) is 3.69. The van der Waals surface area contributed by atoms with Gasteiger partial charge >= 0.3 is 18.0 Å². The summed E-state index contributed by atoms with van der Waals surface area (Å²) in [6, 6.07) is 0. The normalized spacial score (nSPS) is 13.8. The van der Waals surface area contributed by atoms with Gasteiger partial charge in [-0.1, -0.05) is 12.2 Å². The SMILES string of the molecule is CC(=S)CC(=O)C(F)(F)C(F)(F)C(F)(F)F. The minimum absolute atomic E-state index is 0.400. The molecule has 0 aromatic heterocycles. The van der Waals surface area contributed by atoms with Gasteiger partial charge in [-0.3, -0.25) is 4.79 Å². The second-order valence-corrected chi connectivity index (χ2v) is 3.65. The largest absolute Gasteiger partial charge is 0.460 e. The molecule has 0 radical (unpaired) electrons. The molecule has 0 aliphatic heterocycles. The topological polar surface area (TPSA) is 17.1 Å². The minimum Gasteiger partial charge on any atom is -0.292 e. The summed E-state index contributed by atoms with van der Waals surface area (Å²) in [5, 5.41) is 0. The highest BCUT2D eigenvalue weighted by atomic mass is 32.1. The van der Waals surface area contributed by atoms with Crippen molar-refractivity contribution in [2.24, 2.45) is 0 Å². The first-order valence-corrected chi connectivity index (χ1v) is 4.10. The maximum absolute atomic E-state index is 12.6. The second kappa shape index (κ2) is 4.27. The first kappa shape index (κ1) is 15.3. The van der Waals surface area contributed by atoms with Crippen LogP contribution in [-0.4, -0.2) is 28.7 Å². The Labute approximate surface area is 90.6 Å². The average molecular weight is 270 g/mol. The van der Waals surface area contributed by atoms with Gasteiger partial charge in [0.25, 0.3) is 0 Å². The predicted molar refractivity (Wildman–Crippen MR) is 43.8 cm³/mol. The van der Waals surface area contributed by atoms with Crippen LogP contribution in [-0.2, 0) is 4.79 Å². The highest BCUT2D eigenvalue weighted by Crippen LogP contribution is 2.47. The van der Waals surface area contributed by atoms with E-state index in [4.69, 9.17) is 0 Å². The summed E-state index contributed by atoms with van der Waals surface area (Å²) in [7, 11) is 0. The molecule has 0 unspecified atom stereocenters. The number of ketones is 1. The van der Waals surface area contributed by atoms with Crippen LogP contribution in [0.2, 0.25) is 0 Å². The summed E-state index contributed by atoms with van der Waals surface area (Å²) in [6.07, 6.45) is -7.81. The van der Waals surface area contributed by atoms with Crippen molar-refractivity contribution in [3.63, 3.8) is 0 Å². The molecule has 0 heterocycles. The fraction of sp³-hybridized carbons (Fsp3) is 0.714. The zero-order chi connectivity index (χ0) is 13.4. The molecule has 0 N–H and O–H groups in total. The van der Waals surface area contributed by atoms with E-state index in [-0.39, 0.29) is 0 Å². The lowest BCUT2D eigenvalue weighted by molar-refractivity contribution is -0.343. The van der Waals surface area contributed by atoms with Crippen molar-refractivity contribution in [3.05, 3.63) is 0 Å². The molecule has 0 atom stereocenters. The van der Waals surface area contributed by atoms with Crippen LogP contribution in [0.15, 0.2) is 0 Å². The predicted octanol–water partition coefficient (Wildman–Crippen LogP) is 3.17. The van der Waals surface area contributed by atoms with Gasteiger partial charge in [-0.25, -0.2) is 0 Å². The Balaban J connectivity index is 5.19. The average Bonchev–Trinajstić information content (AvgIpc) is 2.00. The molecule has 0 saturated heterocycles. The van der Waals surface area contributed by atoms with Crippen LogP contribution in [0, 0.1) is 0 Å². The molecule has 0 aliphatic rings. The van der Waals surface area contributed by atoms with Crippen LogP contribution < -0.4 is 0 Å². The van der Waals surface area contributed by atoms with Crippen LogP contribution in [0.25, 0.3) is 0 Å². The molecule has 0 aromatic rings. The summed E-state index contributed by atoms with van der Waals surface area (Å²) in [4.78, 5) is 10.2. The molecular formula is C7H5F7OS. The van der Waals surface area contributed by atoms with Crippen molar-refractivity contribution < 1.29 is 35.5 Å². The van der Waals surface area contributed by atoms with Gasteiger partial charge in [0.05, 0.1) is 0 Å². The maximum Gasteiger partial charge on any atom is 0.460 e. The lowest BCUT2D eigenvalue weighted by Crippen LogP contribution is -2.56. The van der Waals surface area contributed by atoms with Gasteiger partial charge in [-0.05, 0) is 11.8 Å². The van der Waals surface area contributed by atoms with Gasteiger partial charge in [0.2, 0.25) is 5.78 Å². The molecule has 0 aliphatic carbocycles. The third kappa shape index (κ3) is 2.69. The maximum atomic E-state index is 12.6. The van der Waals surface area contributed by atoms with E-state index in [1.165, 1.54) is 0 Å². The fourth-order valence-electron chi connectivity index (χ4n) is 0.690. The number of Topliss-reactive ketones (excluding diaryl/α,β-unsaturated/α-hetero) is 1. The highest BCUT2D eigenvalue weighted by molar-refractivity contribution is 7.80. The zero-order valence-corrected chi connectivity index (χ0v) is 8.49. The monoisotopic (exact) mass is 270 g/mol. The minimum atomic E-state index is -6.50. The molecule has 9 heteroatoms. The summed E-state index contributed by atoms with van der Waals surface area (Å²) < 4.78 is 84.5. The quantitative estimate of drug-likeness (QED) is 0.576. The summed E-state index contributed by atoms with van der Waals surface area (Å²) in [5.41, 5.74) is 0. The Morgan fingerprint density at radius 2 is 1.44 bits per heavy atom. The number of halogens is 7. The Morgan fingerprint density at radius 3 is 1.69 bits per heavy atom. The lowest BCUT2D eigenvalue weighted by Gasteiger charge is -2.26. The van der Waals surface area contributed by atoms with E-state index in [0.29, 0.717) is 0 Å². The van der Waals surface area contributed by atoms with Crippen molar-refractivity contribution in [3.8, 4) is 0 Å². The highest BCUT2D eigenvalue weighted by Gasteiger charge is 2.75. The van der Waals surface area contributed by atoms with E-state index >= 15 is 0 Å². The number of carbonyl (C=O) groups excluding carboxylic acids is 1. The van der Waals surface area contributed by atoms with Crippen LogP contribution in [0.5, 0.6) is 0 Å². The zero-order valence-electron chi connectivity index (χ0n) is 7.67. The van der Waals surface area contributed by atoms with Gasteiger partial charge in [-0.15, -0.1) is 0 Å². The number of thiocarbonyl (C=S) groups is 1. The van der Waals surface area contributed by atoms with Crippen molar-refractivity contribution >= 4 is 22.9 Å². The molecular weight excluding hydrogens is 265 g/mol. The van der Waals surface area contributed by atoms with E-state index in [2.05, 4.69) is 12.2 Å². The number of rotatable bonds is 4. The number of carbonyl (C=O) groups is 1. The molecule has 0 bridgehead atoms. The van der Waals surface area contributed by atoms with Crippen LogP contribution in [0.4, 0.5) is 30.7 Å². The molecule has 16 heavy (non-hydrogen) atoms. The van der Waals surface area contributed by atoms with Crippen LogP contribution >= 0.6 is 12.2 Å². The van der Waals surface area contributed by atoms with E-state index < -0.39 is 35.1 Å². The van der Waals surface area contributed by atoms with E-state index in [0.717, 1.165) is 6.92 Å². The Bertz CT molecular complexity index is 306. The third-order valence-corrected chi connectivity index (χ3v) is 1.65. The molecule has 0 rings (SSSR count). The molecule has 94 valence electrons.